The minimum Gasteiger partial charge on any atom is -0.507 e. The van der Waals surface area contributed by atoms with E-state index in [1.54, 1.807) is 6.07 Å². The first kappa shape index (κ1) is 19.1. The lowest BCUT2D eigenvalue weighted by Crippen LogP contribution is -2.67. The molecule has 3 fully saturated rings. The number of hydrogen-bond acceptors (Lipinski definition) is 5. The summed E-state index contributed by atoms with van der Waals surface area (Å²) in [7, 11) is 0. The zero-order valence-electron chi connectivity index (χ0n) is 16.7. The van der Waals surface area contributed by atoms with Crippen molar-refractivity contribution in [3.8, 4) is 5.75 Å². The second-order valence-electron chi connectivity index (χ2n) is 9.56. The van der Waals surface area contributed by atoms with E-state index in [-0.39, 0.29) is 35.5 Å². The van der Waals surface area contributed by atoms with Crippen LogP contribution in [0.4, 0.5) is 0 Å². The maximum Gasteiger partial charge on any atom is 0.252 e. The molecule has 4 N–H and O–H groups in total. The number of aromatic hydroxyl groups is 1. The molecule has 2 saturated carbocycles. The quantitative estimate of drug-likeness (QED) is 0.723. The molecule has 2 bridgehead atoms. The molecule has 1 aromatic carbocycles. The van der Waals surface area contributed by atoms with Crippen molar-refractivity contribution in [1.82, 2.24) is 0 Å². The van der Waals surface area contributed by atoms with Crippen molar-refractivity contribution in [1.29, 1.82) is 0 Å². The molecule has 1 heterocycles. The normalized spacial score (nSPS) is 38.4. The van der Waals surface area contributed by atoms with Crippen molar-refractivity contribution in [3.63, 3.8) is 0 Å². The van der Waals surface area contributed by atoms with Crippen molar-refractivity contribution in [2.45, 2.75) is 74.9 Å². The Bertz CT molecular complexity index is 876. The van der Waals surface area contributed by atoms with Crippen molar-refractivity contribution >= 4 is 11.7 Å². The van der Waals surface area contributed by atoms with Gasteiger partial charge in [0, 0.05) is 30.4 Å². The molecule has 6 heteroatoms. The van der Waals surface area contributed by atoms with E-state index in [4.69, 9.17) is 10.5 Å². The molecule has 0 aromatic heterocycles. The van der Waals surface area contributed by atoms with Crippen molar-refractivity contribution in [2.75, 3.05) is 6.61 Å². The largest absolute Gasteiger partial charge is 0.507 e. The summed E-state index contributed by atoms with van der Waals surface area (Å²) in [6.07, 6.45) is 6.53. The van der Waals surface area contributed by atoms with Crippen LogP contribution in [-0.2, 0) is 21.4 Å². The number of Topliss-reactive ketones (excluding diaryl/α,β-unsaturated/α-hetero) is 1. The molecule has 0 radical (unpaired) electrons. The van der Waals surface area contributed by atoms with E-state index in [1.165, 1.54) is 0 Å². The fraction of sp³-hybridized carbons (Fsp3) is 0.652. The topological polar surface area (TPSA) is 110 Å². The van der Waals surface area contributed by atoms with Gasteiger partial charge in [0.15, 0.2) is 0 Å². The molecule has 156 valence electrons. The monoisotopic (exact) mass is 399 g/mol. The Balaban J connectivity index is 1.63. The van der Waals surface area contributed by atoms with Gasteiger partial charge in [-0.15, -0.1) is 0 Å². The van der Waals surface area contributed by atoms with E-state index >= 15 is 0 Å². The second kappa shape index (κ2) is 6.54. The first-order valence-electron chi connectivity index (χ1n) is 10.9. The van der Waals surface area contributed by atoms with Crippen molar-refractivity contribution in [2.24, 2.45) is 17.6 Å². The molecule has 0 spiro atoms. The number of aliphatic hydroxyl groups is 1. The van der Waals surface area contributed by atoms with Gasteiger partial charge in [0.1, 0.15) is 11.5 Å². The second-order valence-corrected chi connectivity index (χ2v) is 9.56. The number of fused-ring (bicyclic) bond motifs is 1. The fourth-order valence-corrected chi connectivity index (χ4v) is 7.00. The average molecular weight is 399 g/mol. The zero-order chi connectivity index (χ0) is 20.4. The summed E-state index contributed by atoms with van der Waals surface area (Å²) in [6, 6.07) is 3.43. The van der Waals surface area contributed by atoms with Crippen LogP contribution < -0.4 is 5.73 Å². The Morgan fingerprint density at radius 2 is 2.10 bits per heavy atom. The highest BCUT2D eigenvalue weighted by Crippen LogP contribution is 2.64. The van der Waals surface area contributed by atoms with Crippen LogP contribution in [0.5, 0.6) is 5.75 Å². The lowest BCUT2D eigenvalue weighted by Gasteiger charge is -2.62. The Kier molecular flexibility index (Phi) is 4.30. The van der Waals surface area contributed by atoms with Gasteiger partial charge in [-0.3, -0.25) is 9.59 Å². The fourth-order valence-electron chi connectivity index (χ4n) is 7.00. The summed E-state index contributed by atoms with van der Waals surface area (Å²) in [4.78, 5) is 24.4. The summed E-state index contributed by atoms with van der Waals surface area (Å²) in [5, 5.41) is 23.1. The lowest BCUT2D eigenvalue weighted by molar-refractivity contribution is -0.175. The van der Waals surface area contributed by atoms with Crippen LogP contribution in [0.1, 0.15) is 72.9 Å². The molecule has 1 aromatic rings. The number of amides is 1. The van der Waals surface area contributed by atoms with E-state index in [9.17, 15) is 19.8 Å². The van der Waals surface area contributed by atoms with E-state index in [1.807, 2.05) is 6.07 Å². The number of carbonyl (C=O) groups excluding carboxylic acids is 2. The summed E-state index contributed by atoms with van der Waals surface area (Å²) >= 11 is 0. The Morgan fingerprint density at radius 1 is 1.28 bits per heavy atom. The van der Waals surface area contributed by atoms with Gasteiger partial charge in [-0.05, 0) is 68.4 Å². The van der Waals surface area contributed by atoms with E-state index < -0.39 is 16.9 Å². The molecular weight excluding hydrogens is 370 g/mol. The minimum absolute atomic E-state index is 0.0277. The number of rotatable bonds is 3. The predicted octanol–water partition coefficient (Wildman–Crippen LogP) is 2.36. The van der Waals surface area contributed by atoms with Crippen molar-refractivity contribution in [3.05, 3.63) is 28.8 Å². The van der Waals surface area contributed by atoms with Gasteiger partial charge >= 0.3 is 0 Å². The number of carbonyl (C=O) groups is 2. The summed E-state index contributed by atoms with van der Waals surface area (Å²) < 4.78 is 5.88. The molecule has 1 aliphatic heterocycles. The molecule has 2 unspecified atom stereocenters. The van der Waals surface area contributed by atoms with Gasteiger partial charge in [-0.2, -0.15) is 0 Å². The molecule has 29 heavy (non-hydrogen) atoms. The first-order valence-corrected chi connectivity index (χ1v) is 10.9. The van der Waals surface area contributed by atoms with Gasteiger partial charge in [0.2, 0.25) is 0 Å². The van der Waals surface area contributed by atoms with Crippen LogP contribution >= 0.6 is 0 Å². The van der Waals surface area contributed by atoms with Gasteiger partial charge < -0.3 is 20.7 Å². The molecule has 3 aliphatic carbocycles. The SMILES string of the molecule is NC(=O)c1ccc2c(c1O)[C@]13CCC(CC4CCCO4)[C@H](C2)[C@]1(O)CCC(=O)C3. The number of nitrogens with two attached hydrogens (primary N) is 1. The van der Waals surface area contributed by atoms with Crippen LogP contribution in [0.3, 0.4) is 0 Å². The first-order chi connectivity index (χ1) is 13.9. The van der Waals surface area contributed by atoms with Gasteiger partial charge in [-0.25, -0.2) is 0 Å². The van der Waals surface area contributed by atoms with Crippen LogP contribution in [0.15, 0.2) is 12.1 Å². The predicted molar refractivity (Wildman–Crippen MR) is 106 cm³/mol. The third kappa shape index (κ3) is 2.61. The number of ketones is 1. The third-order valence-corrected chi connectivity index (χ3v) is 8.27. The van der Waals surface area contributed by atoms with E-state index in [0.29, 0.717) is 37.2 Å². The number of primary amides is 1. The molecular formula is C23H29NO5. The lowest BCUT2D eigenvalue weighted by atomic mass is 9.43. The third-order valence-electron chi connectivity index (χ3n) is 8.27. The molecule has 4 aliphatic rings. The smallest absolute Gasteiger partial charge is 0.252 e. The standard InChI is InChI=1S/C23H29NO5/c24-21(27)17-4-3-14-11-18-13(10-16-2-1-9-29-16)5-7-22(19(14)20(17)26)12-15(25)6-8-23(18,22)28/h3-4,13,16,18,26,28H,1-2,5-12H2,(H2,24,27)/t13?,16?,18-,22+,23+/m0/s1. The number of phenols is 1. The number of benzene rings is 1. The van der Waals surface area contributed by atoms with Crippen LogP contribution in [-0.4, -0.2) is 40.2 Å². The van der Waals surface area contributed by atoms with Gasteiger partial charge in [0.25, 0.3) is 5.91 Å². The number of hydrogen-bond donors (Lipinski definition) is 3. The molecule has 1 amide bonds. The highest BCUT2D eigenvalue weighted by Gasteiger charge is 2.65. The molecule has 1 saturated heterocycles. The summed E-state index contributed by atoms with van der Waals surface area (Å²) in [5.74, 6) is -0.362. The Hall–Kier alpha value is -1.92. The number of ether oxygens (including phenoxy) is 1. The van der Waals surface area contributed by atoms with Crippen LogP contribution in [0.25, 0.3) is 0 Å². The average Bonchev–Trinajstić information content (AvgIpc) is 3.17. The molecule has 6 nitrogen and oxygen atoms in total. The van der Waals surface area contributed by atoms with Crippen LogP contribution in [0, 0.1) is 11.8 Å². The Morgan fingerprint density at radius 3 is 2.83 bits per heavy atom. The molecule has 5 atom stereocenters. The summed E-state index contributed by atoms with van der Waals surface area (Å²) in [6.45, 7) is 0.817. The van der Waals surface area contributed by atoms with E-state index in [2.05, 4.69) is 0 Å². The summed E-state index contributed by atoms with van der Waals surface area (Å²) in [5.41, 5.74) is 5.19. The minimum atomic E-state index is -1.05. The van der Waals surface area contributed by atoms with Gasteiger partial charge in [-0.1, -0.05) is 6.07 Å². The maximum atomic E-state index is 12.6. The maximum absolute atomic E-state index is 12.6. The molecule has 5 rings (SSSR count). The van der Waals surface area contributed by atoms with E-state index in [0.717, 1.165) is 37.9 Å². The zero-order valence-corrected chi connectivity index (χ0v) is 16.7. The highest BCUT2D eigenvalue weighted by atomic mass is 16.5. The van der Waals surface area contributed by atoms with Crippen molar-refractivity contribution < 1.29 is 24.5 Å². The highest BCUT2D eigenvalue weighted by molar-refractivity contribution is 5.96. The Labute approximate surface area is 170 Å². The van der Waals surface area contributed by atoms with Gasteiger partial charge in [0.05, 0.1) is 17.3 Å². The van der Waals surface area contributed by atoms with Crippen LogP contribution in [0.2, 0.25) is 0 Å².